The lowest BCUT2D eigenvalue weighted by atomic mass is 10.0. The fourth-order valence-electron chi connectivity index (χ4n) is 4.34. The van der Waals surface area contributed by atoms with Crippen LogP contribution in [0.2, 0.25) is 0 Å². The number of fused-ring (bicyclic) bond motifs is 2. The number of nitrogens with one attached hydrogen (secondary N) is 2. The molecule has 0 aromatic heterocycles. The molecule has 6 rings (SSSR count). The van der Waals surface area contributed by atoms with Crippen LogP contribution in [-0.2, 0) is 32.0 Å². The van der Waals surface area contributed by atoms with Crippen LogP contribution < -0.4 is 10.6 Å². The lowest BCUT2D eigenvalue weighted by molar-refractivity contribution is -0.148. The summed E-state index contributed by atoms with van der Waals surface area (Å²) in [5.41, 5.74) is 3.70. The van der Waals surface area contributed by atoms with Crippen LogP contribution in [0.25, 0.3) is 6.08 Å². The number of esters is 1. The second kappa shape index (κ2) is 13.1. The monoisotopic (exact) mass is 520 g/mol. The van der Waals surface area contributed by atoms with Gasteiger partial charge in [-0.25, -0.2) is 9.59 Å². The summed E-state index contributed by atoms with van der Waals surface area (Å²) in [5, 5.41) is 15.0. The van der Waals surface area contributed by atoms with Crippen LogP contribution in [0.4, 0.5) is 0 Å². The number of carbonyl (C=O) groups is 3. The van der Waals surface area contributed by atoms with Crippen molar-refractivity contribution >= 4 is 35.7 Å². The van der Waals surface area contributed by atoms with Gasteiger partial charge in [0.2, 0.25) is 5.91 Å². The third-order valence-corrected chi connectivity index (χ3v) is 7.61. The first kappa shape index (κ1) is 26.5. The van der Waals surface area contributed by atoms with Gasteiger partial charge in [-0.1, -0.05) is 79.6 Å². The van der Waals surface area contributed by atoms with Crippen molar-refractivity contribution in [2.24, 2.45) is 0 Å². The quantitative estimate of drug-likeness (QED) is 0.522. The molecular weight excluding hydrogens is 488 g/mol. The molecule has 4 heterocycles. The molecule has 2 aromatic carbocycles. The minimum absolute atomic E-state index is 0.0182. The van der Waals surface area contributed by atoms with Gasteiger partial charge < -0.3 is 20.5 Å². The largest absolute Gasteiger partial charge is 0.477 e. The zero-order valence-corrected chi connectivity index (χ0v) is 21.5. The fourth-order valence-corrected chi connectivity index (χ4v) is 5.51. The molecule has 0 radical (unpaired) electrons. The first-order valence-corrected chi connectivity index (χ1v) is 13.7. The van der Waals surface area contributed by atoms with Crippen LogP contribution in [0.3, 0.4) is 0 Å². The number of rotatable bonds is 4. The summed E-state index contributed by atoms with van der Waals surface area (Å²) < 4.78 is 5.55. The van der Waals surface area contributed by atoms with Crippen molar-refractivity contribution in [2.45, 2.75) is 49.9 Å². The van der Waals surface area contributed by atoms with Crippen molar-refractivity contribution in [3.63, 3.8) is 0 Å². The maximum atomic E-state index is 13.1. The minimum atomic E-state index is -1.12. The zero-order chi connectivity index (χ0) is 26.0. The summed E-state index contributed by atoms with van der Waals surface area (Å²) in [6.45, 7) is 0.256. The first-order chi connectivity index (χ1) is 18.0. The molecule has 2 unspecified atom stereocenters. The Kier molecular flexibility index (Phi) is 9.43. The number of carboxylic acid groups (broad SMARTS) is 1. The summed E-state index contributed by atoms with van der Waals surface area (Å²) in [6, 6.07) is 16.5. The highest BCUT2D eigenvalue weighted by Gasteiger charge is 2.36. The lowest BCUT2D eigenvalue weighted by Crippen LogP contribution is -2.55. The number of ether oxygens (including phenoxy) is 1. The van der Waals surface area contributed by atoms with E-state index in [0.717, 1.165) is 43.2 Å². The summed E-state index contributed by atoms with van der Waals surface area (Å²) in [6.07, 6.45) is 8.53. The Hall–Kier alpha value is -3.52. The number of hydrogen-bond acceptors (Lipinski definition) is 6. The average molecular weight is 521 g/mol. The van der Waals surface area contributed by atoms with E-state index >= 15 is 0 Å². The van der Waals surface area contributed by atoms with Gasteiger partial charge in [0.05, 0.1) is 13.0 Å². The second-order valence-corrected chi connectivity index (χ2v) is 10.3. The van der Waals surface area contributed by atoms with Crippen molar-refractivity contribution in [3.05, 3.63) is 88.6 Å². The average Bonchev–Trinajstić information content (AvgIpc) is 2.90. The highest BCUT2D eigenvalue weighted by atomic mass is 32.2. The molecule has 8 heteroatoms. The number of aliphatic carboxylic acids is 1. The van der Waals surface area contributed by atoms with E-state index in [4.69, 9.17) is 4.74 Å². The number of hydrogen-bond donors (Lipinski definition) is 3. The number of thioether (sulfide) groups is 1. The third kappa shape index (κ3) is 7.73. The van der Waals surface area contributed by atoms with E-state index < -0.39 is 23.4 Å². The highest BCUT2D eigenvalue weighted by molar-refractivity contribution is 8.00. The molecule has 1 amide bonds. The molecule has 4 aliphatic heterocycles. The van der Waals surface area contributed by atoms with E-state index in [1.165, 1.54) is 17.3 Å². The van der Waals surface area contributed by atoms with Crippen LogP contribution >= 0.6 is 11.8 Å². The van der Waals surface area contributed by atoms with Crippen LogP contribution in [-0.4, -0.2) is 46.7 Å². The van der Waals surface area contributed by atoms with Crippen molar-refractivity contribution in [1.82, 2.24) is 10.6 Å². The summed E-state index contributed by atoms with van der Waals surface area (Å²) in [5.74, 6) is -1.64. The molecule has 3 N–H and O–H groups in total. The van der Waals surface area contributed by atoms with Crippen molar-refractivity contribution in [2.75, 3.05) is 12.4 Å². The number of aryl methyl sites for hydroxylation is 1. The van der Waals surface area contributed by atoms with Gasteiger partial charge >= 0.3 is 11.9 Å². The summed E-state index contributed by atoms with van der Waals surface area (Å²) in [7, 11) is 0. The molecule has 4 bridgehead atoms. The summed E-state index contributed by atoms with van der Waals surface area (Å²) >= 11 is 1.37. The standard InChI is InChI=1S/C29H32N2O5S/c32-24(18-22-9-5-3-6-10-22)30-26-27-31-25(28(33)34)23(19-37-27)16-15-21-13-11-20(12-14-21)8-4-1-2-7-17-36-29(26)35/h3,5-6,9-16,26-27,31H,1-2,4,7-8,17-19H2,(H,30,32)(H,33,34)/b16-15+. The van der Waals surface area contributed by atoms with Gasteiger partial charge in [0, 0.05) is 5.75 Å². The van der Waals surface area contributed by atoms with Gasteiger partial charge in [0.15, 0.2) is 6.04 Å². The van der Waals surface area contributed by atoms with Gasteiger partial charge in [-0.15, -0.1) is 11.8 Å². The molecule has 0 aliphatic carbocycles. The Labute approximate surface area is 221 Å². The normalized spacial score (nSPS) is 21.7. The molecule has 0 fully saturated rings. The van der Waals surface area contributed by atoms with E-state index in [9.17, 15) is 19.5 Å². The van der Waals surface area contributed by atoms with Crippen LogP contribution in [0.5, 0.6) is 0 Å². The maximum absolute atomic E-state index is 13.1. The second-order valence-electron chi connectivity index (χ2n) is 9.20. The van der Waals surface area contributed by atoms with E-state index in [1.54, 1.807) is 6.08 Å². The zero-order valence-electron chi connectivity index (χ0n) is 20.7. The van der Waals surface area contributed by atoms with Crippen molar-refractivity contribution in [3.8, 4) is 0 Å². The van der Waals surface area contributed by atoms with Gasteiger partial charge in [0.25, 0.3) is 0 Å². The van der Waals surface area contributed by atoms with Crippen LogP contribution in [0.15, 0.2) is 71.9 Å². The number of amides is 1. The Morgan fingerprint density at radius 3 is 2.51 bits per heavy atom. The topological polar surface area (TPSA) is 105 Å². The molecule has 194 valence electrons. The van der Waals surface area contributed by atoms with E-state index in [1.807, 2.05) is 48.5 Å². The predicted octanol–water partition coefficient (Wildman–Crippen LogP) is 4.09. The number of carbonyl (C=O) groups excluding carboxylic acids is 2. The summed E-state index contributed by atoms with van der Waals surface area (Å²) in [4.78, 5) is 38.1. The fraction of sp³-hybridized carbons (Fsp3) is 0.345. The Balaban J connectivity index is 1.57. The van der Waals surface area contributed by atoms with Gasteiger partial charge in [-0.2, -0.15) is 0 Å². The molecular formula is C29H32N2O5S. The lowest BCUT2D eigenvalue weighted by Gasteiger charge is -2.31. The van der Waals surface area contributed by atoms with Gasteiger partial charge in [0.1, 0.15) is 11.1 Å². The molecule has 0 spiro atoms. The highest BCUT2D eigenvalue weighted by Crippen LogP contribution is 2.27. The molecule has 4 aliphatic rings. The van der Waals surface area contributed by atoms with Gasteiger partial charge in [-0.05, 0) is 41.5 Å². The van der Waals surface area contributed by atoms with E-state index in [2.05, 4.69) is 22.8 Å². The van der Waals surface area contributed by atoms with E-state index in [-0.39, 0.29) is 24.6 Å². The molecule has 7 nitrogen and oxygen atoms in total. The molecule has 2 aromatic rings. The predicted molar refractivity (Wildman–Crippen MR) is 145 cm³/mol. The maximum Gasteiger partial charge on any atom is 0.352 e. The molecule has 0 saturated carbocycles. The molecule has 0 saturated heterocycles. The minimum Gasteiger partial charge on any atom is -0.477 e. The number of allylic oxidation sites excluding steroid dienone is 1. The van der Waals surface area contributed by atoms with Crippen molar-refractivity contribution in [1.29, 1.82) is 0 Å². The SMILES string of the molecule is O=C(Cc1ccccc1)NC1C(=O)OCCCCCCc2ccc(cc2)/C=C/C2=C(C(=O)O)NC1SC2. The Morgan fingerprint density at radius 2 is 1.76 bits per heavy atom. The number of carboxylic acids is 1. The molecule has 37 heavy (non-hydrogen) atoms. The third-order valence-electron chi connectivity index (χ3n) is 6.38. The first-order valence-electron chi connectivity index (χ1n) is 12.6. The van der Waals surface area contributed by atoms with Crippen molar-refractivity contribution < 1.29 is 24.2 Å². The Morgan fingerprint density at radius 1 is 1.00 bits per heavy atom. The smallest absolute Gasteiger partial charge is 0.352 e. The molecule has 2 atom stereocenters. The van der Waals surface area contributed by atoms with Crippen LogP contribution in [0.1, 0.15) is 42.4 Å². The van der Waals surface area contributed by atoms with Gasteiger partial charge in [-0.3, -0.25) is 4.79 Å². The Bertz CT molecular complexity index is 1160. The number of benzene rings is 2. The van der Waals surface area contributed by atoms with Crippen LogP contribution in [0, 0.1) is 0 Å². The van der Waals surface area contributed by atoms with E-state index in [0.29, 0.717) is 11.3 Å².